The highest BCUT2D eigenvalue weighted by molar-refractivity contribution is 7.13. The lowest BCUT2D eigenvalue weighted by molar-refractivity contribution is 0.331. The molecule has 4 rings (SSSR count). The zero-order valence-corrected chi connectivity index (χ0v) is 18.3. The molecule has 1 fully saturated rings. The van der Waals surface area contributed by atoms with Crippen molar-refractivity contribution in [1.29, 1.82) is 0 Å². The quantitative estimate of drug-likeness (QED) is 0.419. The van der Waals surface area contributed by atoms with Crippen LogP contribution in [0.15, 0.2) is 57.5 Å². The van der Waals surface area contributed by atoms with Crippen LogP contribution >= 0.6 is 11.3 Å². The van der Waals surface area contributed by atoms with Crippen LogP contribution in [0.2, 0.25) is 0 Å². The Morgan fingerprint density at radius 2 is 1.93 bits per heavy atom. The van der Waals surface area contributed by atoms with Crippen molar-refractivity contribution >= 4 is 17.3 Å². The predicted molar refractivity (Wildman–Crippen MR) is 122 cm³/mol. The number of thiophene rings is 1. The van der Waals surface area contributed by atoms with Crippen LogP contribution in [0.1, 0.15) is 36.6 Å². The molecular weight excluding hydrogens is 394 g/mol. The van der Waals surface area contributed by atoms with Crippen LogP contribution in [0.4, 0.5) is 0 Å². The average molecular weight is 424 g/mol. The van der Waals surface area contributed by atoms with Crippen LogP contribution in [0.25, 0.3) is 10.8 Å². The number of aliphatic imine (C=N–C) groups is 1. The van der Waals surface area contributed by atoms with Crippen LogP contribution in [0, 0.1) is 0 Å². The number of guanidine groups is 1. The summed E-state index contributed by atoms with van der Waals surface area (Å²) < 4.78 is 5.58. The van der Waals surface area contributed by atoms with Crippen molar-refractivity contribution in [2.75, 3.05) is 19.6 Å². The van der Waals surface area contributed by atoms with E-state index in [2.05, 4.69) is 51.7 Å². The van der Waals surface area contributed by atoms with Gasteiger partial charge in [0.15, 0.2) is 5.96 Å². The monoisotopic (exact) mass is 423 g/mol. The second-order valence-electron chi connectivity index (χ2n) is 7.47. The van der Waals surface area contributed by atoms with Gasteiger partial charge in [-0.05, 0) is 55.4 Å². The molecule has 6 nitrogen and oxygen atoms in total. The summed E-state index contributed by atoms with van der Waals surface area (Å²) in [5.74, 6) is 1.44. The van der Waals surface area contributed by atoms with Crippen molar-refractivity contribution in [3.63, 3.8) is 0 Å². The third kappa shape index (κ3) is 5.70. The molecular formula is C23H29N5OS. The predicted octanol–water partition coefficient (Wildman–Crippen LogP) is 4.25. The van der Waals surface area contributed by atoms with Gasteiger partial charge in [0.25, 0.3) is 0 Å². The minimum Gasteiger partial charge on any atom is -0.443 e. The molecule has 7 heteroatoms. The molecule has 2 N–H and O–H groups in total. The molecule has 0 bridgehead atoms. The summed E-state index contributed by atoms with van der Waals surface area (Å²) in [6.45, 7) is 7.58. The van der Waals surface area contributed by atoms with Gasteiger partial charge in [-0.1, -0.05) is 30.3 Å². The number of rotatable bonds is 8. The van der Waals surface area contributed by atoms with E-state index in [-0.39, 0.29) is 0 Å². The first kappa shape index (κ1) is 20.6. The first-order valence-corrected chi connectivity index (χ1v) is 11.5. The molecule has 0 unspecified atom stereocenters. The molecule has 2 aromatic heterocycles. The summed E-state index contributed by atoms with van der Waals surface area (Å²) in [5.41, 5.74) is 3.44. The number of aromatic nitrogens is 1. The molecule has 0 aliphatic carbocycles. The fourth-order valence-electron chi connectivity index (χ4n) is 3.54. The molecule has 0 amide bonds. The molecule has 1 aliphatic heterocycles. The number of hydrogen-bond acceptors (Lipinski definition) is 5. The van der Waals surface area contributed by atoms with Crippen molar-refractivity contribution in [3.05, 3.63) is 64.9 Å². The van der Waals surface area contributed by atoms with Crippen LogP contribution in [0.3, 0.4) is 0 Å². The van der Waals surface area contributed by atoms with Gasteiger partial charge in [-0.2, -0.15) is 0 Å². The second kappa shape index (κ2) is 10.4. The molecule has 0 spiro atoms. The van der Waals surface area contributed by atoms with E-state index in [0.717, 1.165) is 29.6 Å². The molecule has 1 saturated heterocycles. The Bertz CT molecular complexity index is 927. The maximum atomic E-state index is 5.58. The SMILES string of the molecule is CCNC(=NCc1ccc(CN2CCCC2)cc1)NCc1coc(-c2cccs2)n1. The fourth-order valence-corrected chi connectivity index (χ4v) is 4.19. The van der Waals surface area contributed by atoms with Gasteiger partial charge in [0.05, 0.1) is 23.7 Å². The number of nitrogens with zero attached hydrogens (tertiary/aromatic N) is 3. The van der Waals surface area contributed by atoms with E-state index < -0.39 is 0 Å². The molecule has 3 aromatic rings. The maximum Gasteiger partial charge on any atom is 0.236 e. The molecule has 158 valence electrons. The summed E-state index contributed by atoms with van der Waals surface area (Å²) in [6, 6.07) is 12.8. The van der Waals surface area contributed by atoms with E-state index in [0.29, 0.717) is 19.0 Å². The van der Waals surface area contributed by atoms with Gasteiger partial charge in [-0.15, -0.1) is 11.3 Å². The van der Waals surface area contributed by atoms with Gasteiger partial charge >= 0.3 is 0 Å². The average Bonchev–Trinajstić information content (AvgIpc) is 3.54. The first-order chi connectivity index (χ1) is 14.8. The maximum absolute atomic E-state index is 5.58. The zero-order valence-electron chi connectivity index (χ0n) is 17.4. The molecule has 0 atom stereocenters. The van der Waals surface area contributed by atoms with Gasteiger partial charge in [0.1, 0.15) is 6.26 Å². The molecule has 3 heterocycles. The number of likely N-dealkylation sites (tertiary alicyclic amines) is 1. The van der Waals surface area contributed by atoms with E-state index in [1.807, 2.05) is 17.5 Å². The topological polar surface area (TPSA) is 65.7 Å². The summed E-state index contributed by atoms with van der Waals surface area (Å²) in [7, 11) is 0. The van der Waals surface area contributed by atoms with E-state index in [4.69, 9.17) is 9.41 Å². The Morgan fingerprint density at radius 3 is 2.67 bits per heavy atom. The highest BCUT2D eigenvalue weighted by Gasteiger charge is 2.11. The smallest absolute Gasteiger partial charge is 0.236 e. The van der Waals surface area contributed by atoms with E-state index in [9.17, 15) is 0 Å². The first-order valence-electron chi connectivity index (χ1n) is 10.6. The Morgan fingerprint density at radius 1 is 1.13 bits per heavy atom. The van der Waals surface area contributed by atoms with Gasteiger partial charge in [-0.3, -0.25) is 4.90 Å². The number of benzene rings is 1. The van der Waals surface area contributed by atoms with Crippen LogP contribution < -0.4 is 10.6 Å². The molecule has 0 radical (unpaired) electrons. The number of hydrogen-bond donors (Lipinski definition) is 2. The third-order valence-corrected chi connectivity index (χ3v) is 5.97. The van der Waals surface area contributed by atoms with Gasteiger partial charge in [0, 0.05) is 13.1 Å². The Kier molecular flexibility index (Phi) is 7.16. The van der Waals surface area contributed by atoms with Crippen molar-refractivity contribution in [2.24, 2.45) is 4.99 Å². The summed E-state index contributed by atoms with van der Waals surface area (Å²) >= 11 is 1.62. The van der Waals surface area contributed by atoms with Crippen molar-refractivity contribution in [2.45, 2.75) is 39.4 Å². The van der Waals surface area contributed by atoms with Crippen LogP contribution in [-0.2, 0) is 19.6 Å². The number of oxazole rings is 1. The van der Waals surface area contributed by atoms with E-state index >= 15 is 0 Å². The fraction of sp³-hybridized carbons (Fsp3) is 0.391. The summed E-state index contributed by atoms with van der Waals surface area (Å²) in [5, 5.41) is 8.65. The van der Waals surface area contributed by atoms with Crippen molar-refractivity contribution in [3.8, 4) is 10.8 Å². The highest BCUT2D eigenvalue weighted by Crippen LogP contribution is 2.23. The Labute approximate surface area is 182 Å². The lowest BCUT2D eigenvalue weighted by atomic mass is 10.1. The zero-order chi connectivity index (χ0) is 20.6. The van der Waals surface area contributed by atoms with Gasteiger partial charge in [0.2, 0.25) is 5.89 Å². The van der Waals surface area contributed by atoms with Gasteiger partial charge < -0.3 is 15.1 Å². The second-order valence-corrected chi connectivity index (χ2v) is 8.42. The normalized spacial score (nSPS) is 14.9. The van der Waals surface area contributed by atoms with E-state index in [1.165, 1.54) is 37.1 Å². The summed E-state index contributed by atoms with van der Waals surface area (Å²) in [4.78, 5) is 12.8. The summed E-state index contributed by atoms with van der Waals surface area (Å²) in [6.07, 6.45) is 4.36. The standard InChI is InChI=1S/C23H29N5OS/c1-2-24-23(26-15-20-17-29-22(27-20)21-6-5-13-30-21)25-14-18-7-9-19(10-8-18)16-28-11-3-4-12-28/h5-10,13,17H,2-4,11-12,14-16H2,1H3,(H2,24,25,26). The lowest BCUT2D eigenvalue weighted by Crippen LogP contribution is -2.36. The molecule has 1 aliphatic rings. The Hall–Kier alpha value is -2.64. The van der Waals surface area contributed by atoms with E-state index in [1.54, 1.807) is 17.6 Å². The molecule has 1 aromatic carbocycles. The van der Waals surface area contributed by atoms with Crippen LogP contribution in [-0.4, -0.2) is 35.5 Å². The largest absolute Gasteiger partial charge is 0.443 e. The van der Waals surface area contributed by atoms with Crippen LogP contribution in [0.5, 0.6) is 0 Å². The lowest BCUT2D eigenvalue weighted by Gasteiger charge is -2.14. The van der Waals surface area contributed by atoms with Gasteiger partial charge in [-0.25, -0.2) is 9.98 Å². The Balaban J connectivity index is 1.31. The molecule has 0 saturated carbocycles. The number of nitrogens with one attached hydrogen (secondary N) is 2. The van der Waals surface area contributed by atoms with Crippen molar-refractivity contribution in [1.82, 2.24) is 20.5 Å². The minimum absolute atomic E-state index is 0.565. The minimum atomic E-state index is 0.565. The third-order valence-electron chi connectivity index (χ3n) is 5.11. The van der Waals surface area contributed by atoms with Crippen molar-refractivity contribution < 1.29 is 4.42 Å². The molecule has 30 heavy (non-hydrogen) atoms. The highest BCUT2D eigenvalue weighted by atomic mass is 32.1.